The number of hydrogen-bond acceptors (Lipinski definition) is 4. The maximum absolute atomic E-state index is 12.1. The molecule has 0 atom stereocenters. The summed E-state index contributed by atoms with van der Waals surface area (Å²) in [7, 11) is 0. The first-order chi connectivity index (χ1) is 10.4. The van der Waals surface area contributed by atoms with Crippen molar-refractivity contribution in [1.82, 2.24) is 10.3 Å². The van der Waals surface area contributed by atoms with Crippen molar-refractivity contribution < 1.29 is 9.72 Å². The van der Waals surface area contributed by atoms with Gasteiger partial charge in [-0.3, -0.25) is 19.7 Å². The van der Waals surface area contributed by atoms with E-state index in [1.165, 1.54) is 18.2 Å². The van der Waals surface area contributed by atoms with Crippen LogP contribution < -0.4 is 10.9 Å². The summed E-state index contributed by atoms with van der Waals surface area (Å²) in [6.45, 7) is 3.55. The molecule has 2 rings (SSSR count). The van der Waals surface area contributed by atoms with Crippen LogP contribution in [-0.2, 0) is 6.54 Å². The molecule has 2 N–H and O–H groups in total. The molecule has 1 aromatic heterocycles. The van der Waals surface area contributed by atoms with E-state index in [1.54, 1.807) is 26.0 Å². The molecule has 0 radical (unpaired) electrons. The Morgan fingerprint density at radius 1 is 1.32 bits per heavy atom. The van der Waals surface area contributed by atoms with Gasteiger partial charge in [0.05, 0.1) is 4.92 Å². The van der Waals surface area contributed by atoms with Crippen molar-refractivity contribution in [3.63, 3.8) is 0 Å². The third kappa shape index (κ3) is 3.20. The molecule has 7 heteroatoms. The lowest BCUT2D eigenvalue weighted by atomic mass is 10.1. The Labute approximate surface area is 126 Å². The van der Waals surface area contributed by atoms with E-state index in [-0.39, 0.29) is 23.4 Å². The molecule has 114 valence electrons. The van der Waals surface area contributed by atoms with Gasteiger partial charge in [-0.25, -0.2) is 0 Å². The molecule has 0 aliphatic carbocycles. The van der Waals surface area contributed by atoms with E-state index in [4.69, 9.17) is 0 Å². The largest absolute Gasteiger partial charge is 0.348 e. The number of aromatic amines is 1. The third-order valence-electron chi connectivity index (χ3n) is 3.26. The second-order valence-electron chi connectivity index (χ2n) is 4.90. The van der Waals surface area contributed by atoms with Gasteiger partial charge in [-0.05, 0) is 31.5 Å². The summed E-state index contributed by atoms with van der Waals surface area (Å²) in [4.78, 5) is 36.9. The Morgan fingerprint density at radius 2 is 2.00 bits per heavy atom. The molecule has 0 bridgehead atoms. The minimum atomic E-state index is -0.612. The van der Waals surface area contributed by atoms with E-state index in [9.17, 15) is 19.7 Å². The molecular formula is C15H15N3O4. The van der Waals surface area contributed by atoms with Crippen LogP contribution in [0.1, 0.15) is 27.2 Å². The number of hydrogen-bond donors (Lipinski definition) is 2. The number of nitro benzene ring substituents is 1. The van der Waals surface area contributed by atoms with Crippen molar-refractivity contribution in [2.45, 2.75) is 20.4 Å². The molecule has 0 saturated heterocycles. The number of H-pyrrole nitrogens is 1. The minimum absolute atomic E-state index is 0.00628. The topological polar surface area (TPSA) is 105 Å². The molecule has 0 aliphatic heterocycles. The number of aromatic nitrogens is 1. The van der Waals surface area contributed by atoms with E-state index >= 15 is 0 Å². The summed E-state index contributed by atoms with van der Waals surface area (Å²) in [5.41, 5.74) is 1.33. The fourth-order valence-corrected chi connectivity index (χ4v) is 2.19. The SMILES string of the molecule is Cc1cc(C)c(CNC(=O)c2ccccc2[N+](=O)[O-])c(=O)[nH]1. The third-order valence-corrected chi connectivity index (χ3v) is 3.26. The molecule has 22 heavy (non-hydrogen) atoms. The molecule has 2 aromatic rings. The zero-order valence-corrected chi connectivity index (χ0v) is 12.2. The number of pyridine rings is 1. The first-order valence-corrected chi connectivity index (χ1v) is 6.61. The second kappa shape index (κ2) is 6.21. The van der Waals surface area contributed by atoms with Crippen LogP contribution in [0.5, 0.6) is 0 Å². The van der Waals surface area contributed by atoms with Crippen molar-refractivity contribution in [2.75, 3.05) is 0 Å². The van der Waals surface area contributed by atoms with Gasteiger partial charge in [-0.15, -0.1) is 0 Å². The number of para-hydroxylation sites is 1. The average molecular weight is 301 g/mol. The Bertz CT molecular complexity index is 796. The first kappa shape index (κ1) is 15.4. The quantitative estimate of drug-likeness (QED) is 0.663. The molecule has 0 saturated carbocycles. The van der Waals surface area contributed by atoms with Gasteiger partial charge in [0.1, 0.15) is 5.56 Å². The van der Waals surface area contributed by atoms with E-state index < -0.39 is 10.8 Å². The Balaban J connectivity index is 2.21. The van der Waals surface area contributed by atoms with Crippen LogP contribution >= 0.6 is 0 Å². The number of rotatable bonds is 4. The Kier molecular flexibility index (Phi) is 4.36. The monoisotopic (exact) mass is 301 g/mol. The molecule has 1 aromatic carbocycles. The van der Waals surface area contributed by atoms with Crippen LogP contribution in [0.2, 0.25) is 0 Å². The lowest BCUT2D eigenvalue weighted by Gasteiger charge is -2.08. The maximum atomic E-state index is 12.1. The summed E-state index contributed by atoms with van der Waals surface area (Å²) in [6.07, 6.45) is 0. The van der Waals surface area contributed by atoms with Crippen molar-refractivity contribution in [3.05, 3.63) is 73.2 Å². The number of nitrogens with zero attached hydrogens (tertiary/aromatic N) is 1. The van der Waals surface area contributed by atoms with Gasteiger partial charge in [-0.2, -0.15) is 0 Å². The second-order valence-corrected chi connectivity index (χ2v) is 4.90. The van der Waals surface area contributed by atoms with Crippen molar-refractivity contribution in [2.24, 2.45) is 0 Å². The van der Waals surface area contributed by atoms with Gasteiger partial charge in [0.25, 0.3) is 17.2 Å². The fourth-order valence-electron chi connectivity index (χ4n) is 2.19. The predicted octanol–water partition coefficient (Wildman–Crippen LogP) is 1.83. The van der Waals surface area contributed by atoms with Crippen molar-refractivity contribution >= 4 is 11.6 Å². The normalized spacial score (nSPS) is 10.3. The highest BCUT2D eigenvalue weighted by Crippen LogP contribution is 2.17. The first-order valence-electron chi connectivity index (χ1n) is 6.61. The number of nitrogens with one attached hydrogen (secondary N) is 2. The van der Waals surface area contributed by atoms with E-state index in [2.05, 4.69) is 10.3 Å². The van der Waals surface area contributed by atoms with Gasteiger partial charge in [0.15, 0.2) is 0 Å². The smallest absolute Gasteiger partial charge is 0.282 e. The molecule has 0 spiro atoms. The van der Waals surface area contributed by atoms with Crippen LogP contribution in [0.25, 0.3) is 0 Å². The minimum Gasteiger partial charge on any atom is -0.348 e. The Morgan fingerprint density at radius 3 is 2.64 bits per heavy atom. The van der Waals surface area contributed by atoms with Gasteiger partial charge < -0.3 is 10.3 Å². The van der Waals surface area contributed by atoms with Gasteiger partial charge in [0.2, 0.25) is 0 Å². The summed E-state index contributed by atoms with van der Waals surface area (Å²) in [5, 5.41) is 13.5. The number of benzene rings is 1. The molecule has 0 aliphatic rings. The van der Waals surface area contributed by atoms with Gasteiger partial charge >= 0.3 is 0 Å². The van der Waals surface area contributed by atoms with Crippen LogP contribution in [-0.4, -0.2) is 15.8 Å². The highest BCUT2D eigenvalue weighted by molar-refractivity contribution is 5.98. The van der Waals surface area contributed by atoms with E-state index in [1.807, 2.05) is 0 Å². The van der Waals surface area contributed by atoms with E-state index in [0.717, 1.165) is 11.3 Å². The van der Waals surface area contributed by atoms with Crippen LogP contribution in [0.4, 0.5) is 5.69 Å². The van der Waals surface area contributed by atoms with E-state index in [0.29, 0.717) is 5.56 Å². The number of aryl methyl sites for hydroxylation is 2. The van der Waals surface area contributed by atoms with Crippen LogP contribution in [0.15, 0.2) is 35.1 Å². The summed E-state index contributed by atoms with van der Waals surface area (Å²) in [6, 6.07) is 7.47. The van der Waals surface area contributed by atoms with Crippen LogP contribution in [0, 0.1) is 24.0 Å². The summed E-state index contributed by atoms with van der Waals surface area (Å²) in [5.74, 6) is -0.591. The summed E-state index contributed by atoms with van der Waals surface area (Å²) < 4.78 is 0. The average Bonchev–Trinajstić information content (AvgIpc) is 2.45. The maximum Gasteiger partial charge on any atom is 0.282 e. The molecule has 0 unspecified atom stereocenters. The predicted molar refractivity (Wildman–Crippen MR) is 80.8 cm³/mol. The molecular weight excluding hydrogens is 286 g/mol. The number of carbonyl (C=O) groups is 1. The lowest BCUT2D eigenvalue weighted by Crippen LogP contribution is -2.28. The highest BCUT2D eigenvalue weighted by atomic mass is 16.6. The van der Waals surface area contributed by atoms with Crippen molar-refractivity contribution in [1.29, 1.82) is 0 Å². The fraction of sp³-hybridized carbons (Fsp3) is 0.200. The number of amides is 1. The van der Waals surface area contributed by atoms with Gasteiger partial charge in [-0.1, -0.05) is 12.1 Å². The van der Waals surface area contributed by atoms with Gasteiger partial charge in [0, 0.05) is 23.9 Å². The van der Waals surface area contributed by atoms with Crippen LogP contribution in [0.3, 0.4) is 0 Å². The summed E-state index contributed by atoms with van der Waals surface area (Å²) >= 11 is 0. The van der Waals surface area contributed by atoms with Crippen molar-refractivity contribution in [3.8, 4) is 0 Å². The molecule has 1 amide bonds. The number of nitro groups is 1. The lowest BCUT2D eigenvalue weighted by molar-refractivity contribution is -0.385. The molecule has 7 nitrogen and oxygen atoms in total. The molecule has 1 heterocycles. The molecule has 0 fully saturated rings. The Hall–Kier alpha value is -2.96. The zero-order chi connectivity index (χ0) is 16.3. The standard InChI is InChI=1S/C15H15N3O4/c1-9-7-10(2)17-15(20)12(9)8-16-14(19)11-5-3-4-6-13(11)18(21)22/h3-7H,8H2,1-2H3,(H,16,19)(H,17,20). The zero-order valence-electron chi connectivity index (χ0n) is 12.2. The highest BCUT2D eigenvalue weighted by Gasteiger charge is 2.19. The number of carbonyl (C=O) groups excluding carboxylic acids is 1.